The highest BCUT2D eigenvalue weighted by Crippen LogP contribution is 1.87. The number of amides is 2. The first-order chi connectivity index (χ1) is 8.15. The lowest BCUT2D eigenvalue weighted by molar-refractivity contribution is -0.120. The summed E-state index contributed by atoms with van der Waals surface area (Å²) in [6, 6.07) is 1.26. The summed E-state index contributed by atoms with van der Waals surface area (Å²) in [7, 11) is 0. The van der Waals surface area contributed by atoms with Crippen LogP contribution in [-0.2, 0) is 4.79 Å². The smallest absolute Gasteiger partial charge is 0.257 e. The Morgan fingerprint density at radius 2 is 2.12 bits per heavy atom. The molecule has 92 valence electrons. The van der Waals surface area contributed by atoms with Gasteiger partial charge in [-0.15, -0.1) is 0 Å². The molecular weight excluding hydrogens is 222 g/mol. The lowest BCUT2D eigenvalue weighted by Gasteiger charge is -2.05. The summed E-state index contributed by atoms with van der Waals surface area (Å²) >= 11 is 0. The number of rotatable bonds is 5. The molecule has 1 aromatic heterocycles. The van der Waals surface area contributed by atoms with Crippen molar-refractivity contribution < 1.29 is 9.59 Å². The summed E-state index contributed by atoms with van der Waals surface area (Å²) in [5, 5.41) is 4.99. The summed E-state index contributed by atoms with van der Waals surface area (Å²) in [5.74, 6) is -0.828. The Labute approximate surface area is 98.4 Å². The van der Waals surface area contributed by atoms with Gasteiger partial charge in [-0.05, 0) is 6.42 Å². The van der Waals surface area contributed by atoms with Gasteiger partial charge in [-0.3, -0.25) is 14.4 Å². The second kappa shape index (κ2) is 6.47. The molecule has 0 aliphatic carbocycles. The molecule has 0 bridgehead atoms. The number of carbonyl (C=O) groups is 2. The van der Waals surface area contributed by atoms with E-state index in [9.17, 15) is 14.4 Å². The summed E-state index contributed by atoms with van der Waals surface area (Å²) in [6.45, 7) is 2.37. The number of nitrogens with one attached hydrogen (secondary N) is 3. The normalized spacial score (nSPS) is 9.71. The van der Waals surface area contributed by atoms with Crippen molar-refractivity contribution in [1.82, 2.24) is 15.6 Å². The molecule has 0 saturated heterocycles. The standard InChI is InChI=1S/C11H15N3O3/c1-2-4-13-10(16)7-14-11(17)8-6-12-5-3-9(8)15/h3,5-6H,2,4,7H2,1H3,(H,12,15)(H,13,16)(H,14,17). The van der Waals surface area contributed by atoms with E-state index in [1.54, 1.807) is 0 Å². The van der Waals surface area contributed by atoms with E-state index in [0.717, 1.165) is 6.42 Å². The maximum Gasteiger partial charge on any atom is 0.257 e. The molecule has 0 fully saturated rings. The van der Waals surface area contributed by atoms with Gasteiger partial charge in [0, 0.05) is 25.0 Å². The van der Waals surface area contributed by atoms with Crippen LogP contribution in [0.1, 0.15) is 23.7 Å². The minimum Gasteiger partial charge on any atom is -0.367 e. The molecule has 0 radical (unpaired) electrons. The molecule has 0 aromatic carbocycles. The molecule has 6 heteroatoms. The maximum absolute atomic E-state index is 11.5. The van der Waals surface area contributed by atoms with Crippen LogP contribution < -0.4 is 16.1 Å². The molecule has 3 N–H and O–H groups in total. The van der Waals surface area contributed by atoms with Gasteiger partial charge in [0.05, 0.1) is 6.54 Å². The van der Waals surface area contributed by atoms with E-state index in [-0.39, 0.29) is 23.4 Å². The number of aromatic nitrogens is 1. The molecule has 0 aliphatic heterocycles. The second-order valence-electron chi connectivity index (χ2n) is 3.45. The summed E-state index contributed by atoms with van der Waals surface area (Å²) in [5.41, 5.74) is -0.383. The van der Waals surface area contributed by atoms with E-state index in [4.69, 9.17) is 0 Å². The monoisotopic (exact) mass is 237 g/mol. The van der Waals surface area contributed by atoms with Crippen LogP contribution in [0.3, 0.4) is 0 Å². The van der Waals surface area contributed by atoms with Gasteiger partial charge in [0.25, 0.3) is 5.91 Å². The van der Waals surface area contributed by atoms with Crippen LogP contribution in [0.5, 0.6) is 0 Å². The van der Waals surface area contributed by atoms with Crippen molar-refractivity contribution in [3.8, 4) is 0 Å². The van der Waals surface area contributed by atoms with Crippen molar-refractivity contribution in [1.29, 1.82) is 0 Å². The molecule has 2 amide bonds. The minimum atomic E-state index is -0.557. The predicted octanol–water partition coefficient (Wildman–Crippen LogP) is -0.369. The molecule has 1 rings (SSSR count). The highest BCUT2D eigenvalue weighted by atomic mass is 16.2. The lowest BCUT2D eigenvalue weighted by atomic mass is 10.2. The molecule has 6 nitrogen and oxygen atoms in total. The van der Waals surface area contributed by atoms with Crippen LogP contribution in [0.15, 0.2) is 23.3 Å². The SMILES string of the molecule is CCCNC(=O)CNC(=O)c1c[nH]ccc1=O. The first-order valence-corrected chi connectivity index (χ1v) is 5.37. The van der Waals surface area contributed by atoms with Gasteiger partial charge in [0.2, 0.25) is 5.91 Å². The van der Waals surface area contributed by atoms with Crippen molar-refractivity contribution in [3.05, 3.63) is 34.2 Å². The van der Waals surface area contributed by atoms with Crippen molar-refractivity contribution >= 4 is 11.8 Å². The van der Waals surface area contributed by atoms with Crippen molar-refractivity contribution in [3.63, 3.8) is 0 Å². The molecule has 1 aromatic rings. The average Bonchev–Trinajstić information content (AvgIpc) is 2.34. The van der Waals surface area contributed by atoms with Gasteiger partial charge >= 0.3 is 0 Å². The first kappa shape index (κ1) is 13.0. The van der Waals surface area contributed by atoms with Gasteiger partial charge in [0.15, 0.2) is 5.43 Å². The quantitative estimate of drug-likeness (QED) is 0.652. The number of H-pyrrole nitrogens is 1. The van der Waals surface area contributed by atoms with E-state index in [0.29, 0.717) is 6.54 Å². The van der Waals surface area contributed by atoms with Gasteiger partial charge < -0.3 is 15.6 Å². The van der Waals surface area contributed by atoms with Gasteiger partial charge in [-0.25, -0.2) is 0 Å². The van der Waals surface area contributed by atoms with Crippen LogP contribution in [0, 0.1) is 0 Å². The van der Waals surface area contributed by atoms with E-state index in [1.165, 1.54) is 18.5 Å². The Bertz CT molecular complexity index is 453. The first-order valence-electron chi connectivity index (χ1n) is 5.37. The fourth-order valence-corrected chi connectivity index (χ4v) is 1.18. The van der Waals surface area contributed by atoms with Gasteiger partial charge in [-0.1, -0.05) is 6.92 Å². The third-order valence-electron chi connectivity index (χ3n) is 2.05. The maximum atomic E-state index is 11.5. The van der Waals surface area contributed by atoms with E-state index < -0.39 is 5.91 Å². The highest BCUT2D eigenvalue weighted by molar-refractivity contribution is 5.96. The number of pyridine rings is 1. The number of hydrogen-bond acceptors (Lipinski definition) is 3. The lowest BCUT2D eigenvalue weighted by Crippen LogP contribution is -2.38. The van der Waals surface area contributed by atoms with Crippen molar-refractivity contribution in [2.45, 2.75) is 13.3 Å². The molecule has 1 heterocycles. The van der Waals surface area contributed by atoms with Crippen LogP contribution in [0.4, 0.5) is 0 Å². The Kier molecular flexibility index (Phi) is 4.93. The molecule has 0 atom stereocenters. The molecule has 0 spiro atoms. The number of aromatic amines is 1. The third-order valence-corrected chi connectivity index (χ3v) is 2.05. The Morgan fingerprint density at radius 1 is 1.35 bits per heavy atom. The fourth-order valence-electron chi connectivity index (χ4n) is 1.18. The van der Waals surface area contributed by atoms with Crippen LogP contribution >= 0.6 is 0 Å². The van der Waals surface area contributed by atoms with E-state index >= 15 is 0 Å². The van der Waals surface area contributed by atoms with Gasteiger partial charge in [-0.2, -0.15) is 0 Å². The Morgan fingerprint density at radius 3 is 2.76 bits per heavy atom. The number of carbonyl (C=O) groups excluding carboxylic acids is 2. The van der Waals surface area contributed by atoms with Gasteiger partial charge in [0.1, 0.15) is 5.56 Å². The van der Waals surface area contributed by atoms with Crippen LogP contribution in [0.25, 0.3) is 0 Å². The topological polar surface area (TPSA) is 91.1 Å². The third kappa shape index (κ3) is 4.10. The Balaban J connectivity index is 2.48. The van der Waals surface area contributed by atoms with Crippen LogP contribution in [-0.4, -0.2) is 29.9 Å². The molecule has 0 aliphatic rings. The number of hydrogen-bond donors (Lipinski definition) is 3. The summed E-state index contributed by atoms with van der Waals surface area (Å²) < 4.78 is 0. The van der Waals surface area contributed by atoms with E-state index in [2.05, 4.69) is 15.6 Å². The zero-order valence-electron chi connectivity index (χ0n) is 9.58. The Hall–Kier alpha value is -2.11. The zero-order chi connectivity index (χ0) is 12.7. The molecule has 17 heavy (non-hydrogen) atoms. The van der Waals surface area contributed by atoms with Crippen molar-refractivity contribution in [2.75, 3.05) is 13.1 Å². The summed E-state index contributed by atoms with van der Waals surface area (Å²) in [6.07, 6.45) is 3.58. The molecular formula is C11H15N3O3. The molecule has 0 unspecified atom stereocenters. The molecule has 0 saturated carbocycles. The minimum absolute atomic E-state index is 0.00390. The zero-order valence-corrected chi connectivity index (χ0v) is 9.58. The average molecular weight is 237 g/mol. The highest BCUT2D eigenvalue weighted by Gasteiger charge is 2.10. The van der Waals surface area contributed by atoms with Crippen LogP contribution in [0.2, 0.25) is 0 Å². The largest absolute Gasteiger partial charge is 0.367 e. The van der Waals surface area contributed by atoms with E-state index in [1.807, 2.05) is 6.92 Å². The fraction of sp³-hybridized carbons (Fsp3) is 0.364. The predicted molar refractivity (Wildman–Crippen MR) is 62.7 cm³/mol. The summed E-state index contributed by atoms with van der Waals surface area (Å²) in [4.78, 5) is 36.7. The second-order valence-corrected chi connectivity index (χ2v) is 3.45. The van der Waals surface area contributed by atoms with Crippen molar-refractivity contribution in [2.24, 2.45) is 0 Å².